The normalized spacial score (nSPS) is 10.6. The Kier molecular flexibility index (Phi) is 2.76. The topological polar surface area (TPSA) is 61.0 Å². The summed E-state index contributed by atoms with van der Waals surface area (Å²) in [5.74, 6) is 1.46. The standard InChI is InChI=1S/C15H13N3O/c1-10-9-17-15(16)18-14(10)19-13-8-4-6-11-5-2-3-7-12(11)13/h2-9H,1H3,(H2,16,17,18). The van der Waals surface area contributed by atoms with E-state index in [-0.39, 0.29) is 5.95 Å². The van der Waals surface area contributed by atoms with E-state index < -0.39 is 0 Å². The largest absolute Gasteiger partial charge is 0.438 e. The summed E-state index contributed by atoms with van der Waals surface area (Å²) in [4.78, 5) is 8.05. The fourth-order valence-corrected chi connectivity index (χ4v) is 1.93. The highest BCUT2D eigenvalue weighted by Gasteiger charge is 2.07. The monoisotopic (exact) mass is 251 g/mol. The molecule has 0 aliphatic rings. The lowest BCUT2D eigenvalue weighted by Crippen LogP contribution is -1.99. The summed E-state index contributed by atoms with van der Waals surface area (Å²) in [6.07, 6.45) is 1.66. The van der Waals surface area contributed by atoms with Crippen molar-refractivity contribution in [2.75, 3.05) is 5.73 Å². The molecular weight excluding hydrogens is 238 g/mol. The van der Waals surface area contributed by atoms with Crippen LogP contribution in [0.1, 0.15) is 5.56 Å². The van der Waals surface area contributed by atoms with E-state index in [1.54, 1.807) is 6.20 Å². The Morgan fingerprint density at radius 2 is 1.84 bits per heavy atom. The second-order valence-electron chi connectivity index (χ2n) is 4.30. The van der Waals surface area contributed by atoms with Crippen molar-refractivity contribution >= 4 is 16.7 Å². The zero-order valence-corrected chi connectivity index (χ0v) is 10.5. The van der Waals surface area contributed by atoms with E-state index in [0.29, 0.717) is 5.88 Å². The number of nitrogens with two attached hydrogens (primary N) is 1. The molecule has 0 saturated carbocycles. The van der Waals surface area contributed by atoms with E-state index in [4.69, 9.17) is 10.5 Å². The van der Waals surface area contributed by atoms with Crippen LogP contribution in [0.4, 0.5) is 5.95 Å². The SMILES string of the molecule is Cc1cnc(N)nc1Oc1cccc2ccccc12. The minimum atomic E-state index is 0.209. The molecule has 0 saturated heterocycles. The Labute approximate surface area is 110 Å². The molecule has 3 aromatic rings. The second kappa shape index (κ2) is 4.57. The van der Waals surface area contributed by atoms with Gasteiger partial charge in [0.25, 0.3) is 0 Å². The molecular formula is C15H13N3O. The number of ether oxygens (including phenoxy) is 1. The van der Waals surface area contributed by atoms with E-state index in [2.05, 4.69) is 9.97 Å². The molecule has 19 heavy (non-hydrogen) atoms. The predicted molar refractivity (Wildman–Crippen MR) is 75.2 cm³/mol. The molecule has 0 atom stereocenters. The third-order valence-electron chi connectivity index (χ3n) is 2.90. The third kappa shape index (κ3) is 2.20. The molecule has 0 aliphatic heterocycles. The van der Waals surface area contributed by atoms with Crippen molar-refractivity contribution in [2.24, 2.45) is 0 Å². The average Bonchev–Trinajstić information content (AvgIpc) is 2.43. The van der Waals surface area contributed by atoms with Crippen LogP contribution in [0.2, 0.25) is 0 Å². The molecule has 2 N–H and O–H groups in total. The van der Waals surface area contributed by atoms with Crippen molar-refractivity contribution in [1.29, 1.82) is 0 Å². The number of nitrogens with zero attached hydrogens (tertiary/aromatic N) is 2. The smallest absolute Gasteiger partial charge is 0.226 e. The molecule has 0 fully saturated rings. The van der Waals surface area contributed by atoms with Crippen LogP contribution in [0, 0.1) is 6.92 Å². The highest BCUT2D eigenvalue weighted by Crippen LogP contribution is 2.30. The van der Waals surface area contributed by atoms with Crippen LogP contribution in [-0.4, -0.2) is 9.97 Å². The number of rotatable bonds is 2. The Hall–Kier alpha value is -2.62. The van der Waals surface area contributed by atoms with Crippen LogP contribution in [-0.2, 0) is 0 Å². The van der Waals surface area contributed by atoms with Crippen LogP contribution in [0.3, 0.4) is 0 Å². The van der Waals surface area contributed by atoms with Crippen LogP contribution in [0.15, 0.2) is 48.7 Å². The van der Waals surface area contributed by atoms with Gasteiger partial charge in [-0.25, -0.2) is 4.98 Å². The van der Waals surface area contributed by atoms with Crippen LogP contribution >= 0.6 is 0 Å². The van der Waals surface area contributed by atoms with E-state index >= 15 is 0 Å². The van der Waals surface area contributed by atoms with Gasteiger partial charge in [-0.15, -0.1) is 0 Å². The van der Waals surface area contributed by atoms with Crippen molar-refractivity contribution < 1.29 is 4.74 Å². The van der Waals surface area contributed by atoms with Gasteiger partial charge in [0.2, 0.25) is 11.8 Å². The summed E-state index contributed by atoms with van der Waals surface area (Å²) in [5.41, 5.74) is 6.44. The fourth-order valence-electron chi connectivity index (χ4n) is 1.93. The number of nitrogen functional groups attached to an aromatic ring is 1. The third-order valence-corrected chi connectivity index (χ3v) is 2.90. The number of hydrogen-bond donors (Lipinski definition) is 1. The first kappa shape index (κ1) is 11.5. The molecule has 0 aliphatic carbocycles. The molecule has 1 heterocycles. The number of benzene rings is 2. The molecule has 4 heteroatoms. The lowest BCUT2D eigenvalue weighted by Gasteiger charge is -2.10. The predicted octanol–water partition coefficient (Wildman–Crippen LogP) is 3.31. The molecule has 0 bridgehead atoms. The van der Waals surface area contributed by atoms with Gasteiger partial charge in [0.15, 0.2) is 0 Å². The maximum absolute atomic E-state index is 5.87. The maximum atomic E-state index is 5.87. The minimum Gasteiger partial charge on any atom is -0.438 e. The molecule has 0 amide bonds. The van der Waals surface area contributed by atoms with E-state index in [0.717, 1.165) is 22.1 Å². The van der Waals surface area contributed by atoms with Crippen molar-refractivity contribution in [3.05, 3.63) is 54.2 Å². The van der Waals surface area contributed by atoms with E-state index in [1.807, 2.05) is 49.4 Å². The number of aryl methyl sites for hydroxylation is 1. The first-order valence-corrected chi connectivity index (χ1v) is 5.99. The number of fused-ring (bicyclic) bond motifs is 1. The van der Waals surface area contributed by atoms with Crippen molar-refractivity contribution in [2.45, 2.75) is 6.92 Å². The molecule has 94 valence electrons. The molecule has 0 radical (unpaired) electrons. The van der Waals surface area contributed by atoms with Gasteiger partial charge >= 0.3 is 0 Å². The number of hydrogen-bond acceptors (Lipinski definition) is 4. The zero-order valence-electron chi connectivity index (χ0n) is 10.5. The van der Waals surface area contributed by atoms with Gasteiger partial charge in [-0.2, -0.15) is 4.98 Å². The first-order chi connectivity index (χ1) is 9.24. The fraction of sp³-hybridized carbons (Fsp3) is 0.0667. The van der Waals surface area contributed by atoms with Gasteiger partial charge in [-0.3, -0.25) is 0 Å². The maximum Gasteiger partial charge on any atom is 0.226 e. The van der Waals surface area contributed by atoms with Gasteiger partial charge < -0.3 is 10.5 Å². The molecule has 0 spiro atoms. The first-order valence-electron chi connectivity index (χ1n) is 5.99. The van der Waals surface area contributed by atoms with Gasteiger partial charge in [-0.05, 0) is 18.4 Å². The van der Waals surface area contributed by atoms with Crippen molar-refractivity contribution in [3.63, 3.8) is 0 Å². The van der Waals surface area contributed by atoms with Crippen LogP contribution < -0.4 is 10.5 Å². The molecule has 2 aromatic carbocycles. The van der Waals surface area contributed by atoms with Gasteiger partial charge in [0.05, 0.1) is 0 Å². The lowest BCUT2D eigenvalue weighted by atomic mass is 10.1. The van der Waals surface area contributed by atoms with Gasteiger partial charge in [-0.1, -0.05) is 36.4 Å². The summed E-state index contributed by atoms with van der Waals surface area (Å²) < 4.78 is 5.87. The average molecular weight is 251 g/mol. The van der Waals surface area contributed by atoms with Crippen LogP contribution in [0.25, 0.3) is 10.8 Å². The lowest BCUT2D eigenvalue weighted by molar-refractivity contribution is 0.463. The van der Waals surface area contributed by atoms with E-state index in [1.165, 1.54) is 0 Å². The highest BCUT2D eigenvalue weighted by atomic mass is 16.5. The Morgan fingerprint density at radius 3 is 2.74 bits per heavy atom. The quantitative estimate of drug-likeness (QED) is 0.759. The van der Waals surface area contributed by atoms with E-state index in [9.17, 15) is 0 Å². The minimum absolute atomic E-state index is 0.209. The number of aromatic nitrogens is 2. The Bertz CT molecular complexity index is 735. The number of anilines is 1. The van der Waals surface area contributed by atoms with Crippen molar-refractivity contribution in [1.82, 2.24) is 9.97 Å². The van der Waals surface area contributed by atoms with Crippen molar-refractivity contribution in [3.8, 4) is 11.6 Å². The molecule has 1 aromatic heterocycles. The van der Waals surface area contributed by atoms with Gasteiger partial charge in [0.1, 0.15) is 5.75 Å². The summed E-state index contributed by atoms with van der Waals surface area (Å²) in [6, 6.07) is 14.0. The molecule has 0 unspecified atom stereocenters. The Balaban J connectivity index is 2.08. The summed E-state index contributed by atoms with van der Waals surface area (Å²) >= 11 is 0. The summed E-state index contributed by atoms with van der Waals surface area (Å²) in [5, 5.41) is 2.17. The summed E-state index contributed by atoms with van der Waals surface area (Å²) in [6.45, 7) is 1.89. The Morgan fingerprint density at radius 1 is 1.05 bits per heavy atom. The van der Waals surface area contributed by atoms with Crippen LogP contribution in [0.5, 0.6) is 11.6 Å². The molecule has 3 rings (SSSR count). The highest BCUT2D eigenvalue weighted by molar-refractivity contribution is 5.88. The molecule has 4 nitrogen and oxygen atoms in total. The van der Waals surface area contributed by atoms with Gasteiger partial charge in [0, 0.05) is 17.1 Å². The zero-order chi connectivity index (χ0) is 13.2. The second-order valence-corrected chi connectivity index (χ2v) is 4.30. The summed E-state index contributed by atoms with van der Waals surface area (Å²) in [7, 11) is 0.